The molecule has 10 aromatic carbocycles. The third-order valence-corrected chi connectivity index (χ3v) is 14.1. The second-order valence-corrected chi connectivity index (χ2v) is 19.2. The molecule has 376 valence electrons. The molecule has 0 aliphatic carbocycles. The van der Waals surface area contributed by atoms with Gasteiger partial charge in [0.2, 0.25) is 5.95 Å². The van der Waals surface area contributed by atoms with E-state index in [2.05, 4.69) is 125 Å². The second kappa shape index (κ2) is 20.8. The Hall–Kier alpha value is -11.1. The topological polar surface area (TPSA) is 110 Å². The quantitative estimate of drug-likeness (QED) is 0.124. The second-order valence-electron chi connectivity index (χ2n) is 19.2. The van der Waals surface area contributed by atoms with Gasteiger partial charge in [-0.2, -0.15) is 9.97 Å². The van der Waals surface area contributed by atoms with Gasteiger partial charge in [0, 0.05) is 50.1 Å². The normalized spacial score (nSPS) is 11.7. The lowest BCUT2D eigenvalue weighted by molar-refractivity contribution is 1.01. The first kappa shape index (κ1) is 47.4. The third kappa shape index (κ3) is 9.08. The minimum atomic E-state index is 0.473. The van der Waals surface area contributed by atoms with Gasteiger partial charge in [-0.1, -0.05) is 237 Å². The molecule has 10 heteroatoms. The van der Waals surface area contributed by atoms with Gasteiger partial charge in [-0.25, -0.2) is 29.9 Å². The molecular weight excluding hydrogens is 981 g/mol. The smallest absolute Gasteiger partial charge is 0.238 e. The number of hydrogen-bond donors (Lipinski definition) is 0. The van der Waals surface area contributed by atoms with Gasteiger partial charge < -0.3 is 4.90 Å². The molecule has 0 saturated carbocycles. The Bertz CT molecular complexity index is 4120. The Balaban J connectivity index is 1.07. The molecule has 0 amide bonds. The monoisotopic (exact) mass is 1030 g/mol. The summed E-state index contributed by atoms with van der Waals surface area (Å²) in [6.07, 6.45) is 0. The number of hydrogen-bond acceptors (Lipinski definition) is 10. The molecule has 0 unspecified atom stereocenters. The first-order chi connectivity index (χ1) is 39.7. The lowest BCUT2D eigenvalue weighted by Crippen LogP contribution is -2.26. The van der Waals surface area contributed by atoms with Crippen LogP contribution in [0.5, 0.6) is 0 Å². The van der Waals surface area contributed by atoms with Gasteiger partial charge in [0.05, 0.1) is 39.8 Å². The molecule has 1 aliphatic heterocycles. The van der Waals surface area contributed by atoms with Gasteiger partial charge in [-0.3, -0.25) is 4.90 Å². The Morgan fingerprint density at radius 3 is 0.863 bits per heavy atom. The summed E-state index contributed by atoms with van der Waals surface area (Å²) in [5.41, 5.74) is 14.6. The minimum absolute atomic E-state index is 0.473. The van der Waals surface area contributed by atoms with Gasteiger partial charge in [0.15, 0.2) is 34.9 Å². The predicted molar refractivity (Wildman–Crippen MR) is 321 cm³/mol. The van der Waals surface area contributed by atoms with Crippen molar-refractivity contribution in [2.75, 3.05) is 9.80 Å². The van der Waals surface area contributed by atoms with Gasteiger partial charge in [-0.05, 0) is 48.0 Å². The van der Waals surface area contributed by atoms with E-state index >= 15 is 0 Å². The molecule has 0 saturated heterocycles. The van der Waals surface area contributed by atoms with Crippen LogP contribution in [0.3, 0.4) is 0 Å². The molecule has 13 aromatic rings. The van der Waals surface area contributed by atoms with E-state index in [1.807, 2.05) is 164 Å². The lowest BCUT2D eigenvalue weighted by Gasteiger charge is -2.40. The number of rotatable bonds is 11. The van der Waals surface area contributed by atoms with E-state index in [0.29, 0.717) is 40.9 Å². The number of para-hydroxylation sites is 4. The largest absolute Gasteiger partial charge is 0.305 e. The van der Waals surface area contributed by atoms with E-state index in [-0.39, 0.29) is 0 Å². The highest BCUT2D eigenvalue weighted by Crippen LogP contribution is 2.57. The summed E-state index contributed by atoms with van der Waals surface area (Å²) < 4.78 is 0. The van der Waals surface area contributed by atoms with E-state index in [4.69, 9.17) is 39.9 Å². The summed E-state index contributed by atoms with van der Waals surface area (Å²) in [5.74, 6) is 3.70. The Labute approximate surface area is 462 Å². The van der Waals surface area contributed by atoms with E-state index in [1.54, 1.807) is 0 Å². The highest BCUT2D eigenvalue weighted by atomic mass is 15.3. The van der Waals surface area contributed by atoms with E-state index < -0.39 is 0 Å². The Morgan fingerprint density at radius 2 is 0.487 bits per heavy atom. The molecular formula is C70H46N10. The molecule has 3 aromatic heterocycles. The van der Waals surface area contributed by atoms with Crippen molar-refractivity contribution in [2.45, 2.75) is 0 Å². The van der Waals surface area contributed by atoms with Crippen molar-refractivity contribution in [3.05, 3.63) is 279 Å². The molecule has 0 bridgehead atoms. The summed E-state index contributed by atoms with van der Waals surface area (Å²) in [4.78, 5) is 47.1. The molecule has 0 atom stereocenters. The first-order valence-corrected chi connectivity index (χ1v) is 26.4. The van der Waals surface area contributed by atoms with Crippen molar-refractivity contribution in [3.63, 3.8) is 0 Å². The van der Waals surface area contributed by atoms with Gasteiger partial charge in [-0.15, -0.1) is 0 Å². The summed E-state index contributed by atoms with van der Waals surface area (Å²) in [7, 11) is 0. The van der Waals surface area contributed by atoms with Crippen molar-refractivity contribution in [2.24, 2.45) is 0 Å². The van der Waals surface area contributed by atoms with Gasteiger partial charge in [0.1, 0.15) is 0 Å². The third-order valence-electron chi connectivity index (χ3n) is 14.1. The van der Waals surface area contributed by atoms with Crippen LogP contribution in [0.1, 0.15) is 0 Å². The molecule has 14 rings (SSSR count). The summed E-state index contributed by atoms with van der Waals surface area (Å²) in [6, 6.07) is 94.6. The number of aromatic nitrogens is 8. The van der Waals surface area contributed by atoms with E-state index in [0.717, 1.165) is 95.5 Å². The van der Waals surface area contributed by atoms with Crippen LogP contribution in [0.15, 0.2) is 279 Å². The summed E-state index contributed by atoms with van der Waals surface area (Å²) in [6.45, 7) is 0. The standard InChI is InChI=1S/C70H46N10/c1-8-26-47(27-9-1)55-44-54(68-74-64(50-32-14-4-15-33-50)73-65(75-68)51-34-16-5-17-35-51)45-56(69-71-57(48-28-10-2-11-29-48)46-58(72-69)49-30-12-3-13-31-49)63(55)79-59-40-22-24-42-61(59)80(62-43-25-23-41-60(62)79)70-77-66(52-36-18-6-19-37-52)76-67(78-70)53-38-20-7-21-39-53/h1-46H. The number of fused-ring (bicyclic) bond motifs is 2. The average molecular weight is 1030 g/mol. The van der Waals surface area contributed by atoms with Crippen molar-refractivity contribution >= 4 is 34.4 Å². The zero-order chi connectivity index (χ0) is 53.2. The van der Waals surface area contributed by atoms with Crippen LogP contribution in [0.4, 0.5) is 34.4 Å². The van der Waals surface area contributed by atoms with Crippen molar-refractivity contribution in [1.29, 1.82) is 0 Å². The fraction of sp³-hybridized carbons (Fsp3) is 0. The Kier molecular flexibility index (Phi) is 12.3. The van der Waals surface area contributed by atoms with E-state index in [1.165, 1.54) is 0 Å². The van der Waals surface area contributed by atoms with Crippen molar-refractivity contribution in [3.8, 4) is 102 Å². The highest BCUT2D eigenvalue weighted by Gasteiger charge is 2.36. The SMILES string of the molecule is c1ccc(-c2cc(-c3ccccc3)nc(-c3cc(-c4nc(-c5ccccc5)nc(-c5ccccc5)n4)cc(-c4ccccc4)c3N3c4ccccc4N(c4nc(-c5ccccc5)nc(-c5ccccc5)n4)c4ccccc43)n2)cc1. The zero-order valence-corrected chi connectivity index (χ0v) is 43.0. The maximum absolute atomic E-state index is 5.58. The molecule has 1 aliphatic rings. The van der Waals surface area contributed by atoms with E-state index in [9.17, 15) is 0 Å². The van der Waals surface area contributed by atoms with Crippen molar-refractivity contribution in [1.82, 2.24) is 39.9 Å². The lowest BCUT2D eigenvalue weighted by atomic mass is 9.93. The minimum Gasteiger partial charge on any atom is -0.305 e. The number of nitrogens with zero attached hydrogens (tertiary/aromatic N) is 10. The molecule has 0 N–H and O–H groups in total. The molecule has 0 spiro atoms. The van der Waals surface area contributed by atoms with Crippen LogP contribution in [-0.4, -0.2) is 39.9 Å². The molecule has 10 nitrogen and oxygen atoms in total. The first-order valence-electron chi connectivity index (χ1n) is 26.4. The number of anilines is 6. The molecule has 0 radical (unpaired) electrons. The van der Waals surface area contributed by atoms with Crippen LogP contribution in [0.2, 0.25) is 0 Å². The van der Waals surface area contributed by atoms with Crippen LogP contribution >= 0.6 is 0 Å². The molecule has 0 fully saturated rings. The molecule has 80 heavy (non-hydrogen) atoms. The summed E-state index contributed by atoms with van der Waals surface area (Å²) in [5, 5.41) is 0. The average Bonchev–Trinajstić information content (AvgIpc) is 3.67. The maximum Gasteiger partial charge on any atom is 0.238 e. The van der Waals surface area contributed by atoms with Crippen molar-refractivity contribution < 1.29 is 0 Å². The maximum atomic E-state index is 5.58. The fourth-order valence-electron chi connectivity index (χ4n) is 10.3. The van der Waals surface area contributed by atoms with Gasteiger partial charge >= 0.3 is 0 Å². The van der Waals surface area contributed by atoms with Crippen LogP contribution < -0.4 is 9.80 Å². The zero-order valence-electron chi connectivity index (χ0n) is 43.0. The fourth-order valence-corrected chi connectivity index (χ4v) is 10.3. The summed E-state index contributed by atoms with van der Waals surface area (Å²) >= 11 is 0. The van der Waals surface area contributed by atoms with Crippen LogP contribution in [0.25, 0.3) is 102 Å². The van der Waals surface area contributed by atoms with Crippen LogP contribution in [-0.2, 0) is 0 Å². The van der Waals surface area contributed by atoms with Crippen LogP contribution in [0, 0.1) is 0 Å². The predicted octanol–water partition coefficient (Wildman–Crippen LogP) is 17.1. The number of benzene rings is 10. The highest BCUT2D eigenvalue weighted by molar-refractivity contribution is 6.07. The van der Waals surface area contributed by atoms with Gasteiger partial charge in [0.25, 0.3) is 0 Å². The molecule has 4 heterocycles. The Morgan fingerprint density at radius 1 is 0.200 bits per heavy atom.